The van der Waals surface area contributed by atoms with Gasteiger partial charge in [0.15, 0.2) is 0 Å². The Balaban J connectivity index is 2.13. The van der Waals surface area contributed by atoms with E-state index in [0.717, 1.165) is 23.3 Å². The summed E-state index contributed by atoms with van der Waals surface area (Å²) in [5, 5.41) is 0. The monoisotopic (exact) mass is 242 g/mol. The minimum absolute atomic E-state index is 0.213. The lowest BCUT2D eigenvalue weighted by atomic mass is 9.67. The standard InChI is InChI=1S/C14H14N2O2/c1-2-18-13(17)14-6-4-3-5-12(14)16-8-10-7-15-9-11(10)14/h3,5,7-9H,2,4,6H2,1H3. The Morgan fingerprint density at radius 1 is 1.50 bits per heavy atom. The number of carbonyl (C=O) groups is 1. The Morgan fingerprint density at radius 2 is 2.39 bits per heavy atom. The fraction of sp³-hybridized carbons (Fsp3) is 0.357. The van der Waals surface area contributed by atoms with E-state index < -0.39 is 5.41 Å². The summed E-state index contributed by atoms with van der Waals surface area (Å²) in [4.78, 5) is 21.0. The number of rotatable bonds is 2. The van der Waals surface area contributed by atoms with Crippen molar-refractivity contribution in [3.63, 3.8) is 0 Å². The van der Waals surface area contributed by atoms with E-state index in [1.165, 1.54) is 0 Å². The van der Waals surface area contributed by atoms with Crippen molar-refractivity contribution in [1.29, 1.82) is 0 Å². The van der Waals surface area contributed by atoms with Crippen molar-refractivity contribution in [2.75, 3.05) is 6.61 Å². The highest BCUT2D eigenvalue weighted by Gasteiger charge is 2.50. The summed E-state index contributed by atoms with van der Waals surface area (Å²) in [6.07, 6.45) is 10.8. The molecule has 0 aromatic rings. The molecule has 2 heterocycles. The number of carbonyl (C=O) groups excluding carboxylic acids is 1. The molecular formula is C14H14N2O2. The molecule has 1 atom stereocenters. The quantitative estimate of drug-likeness (QED) is 0.697. The molecule has 2 aliphatic heterocycles. The SMILES string of the molecule is CCOC(=O)C12CCC=CC1=NC=C1C=NC=C12. The van der Waals surface area contributed by atoms with E-state index in [1.54, 1.807) is 18.6 Å². The van der Waals surface area contributed by atoms with Crippen LogP contribution in [0.3, 0.4) is 0 Å². The molecule has 1 aliphatic carbocycles. The second kappa shape index (κ2) is 4.05. The van der Waals surface area contributed by atoms with Crippen molar-refractivity contribution in [3.8, 4) is 0 Å². The molecule has 0 saturated carbocycles. The third-order valence-corrected chi connectivity index (χ3v) is 3.55. The van der Waals surface area contributed by atoms with Crippen molar-refractivity contribution in [1.82, 2.24) is 0 Å². The predicted molar refractivity (Wildman–Crippen MR) is 69.5 cm³/mol. The van der Waals surface area contributed by atoms with Crippen molar-refractivity contribution >= 4 is 17.9 Å². The Morgan fingerprint density at radius 3 is 3.22 bits per heavy atom. The number of esters is 1. The molecule has 3 rings (SSSR count). The molecule has 0 fully saturated rings. The second-order valence-electron chi connectivity index (χ2n) is 4.49. The van der Waals surface area contributed by atoms with Crippen LogP contribution < -0.4 is 0 Å². The van der Waals surface area contributed by atoms with Crippen LogP contribution in [0.1, 0.15) is 19.8 Å². The van der Waals surface area contributed by atoms with Crippen LogP contribution in [0.15, 0.2) is 45.7 Å². The molecule has 0 amide bonds. The minimum Gasteiger partial charge on any atom is -0.465 e. The van der Waals surface area contributed by atoms with Gasteiger partial charge in [0.05, 0.1) is 12.3 Å². The van der Waals surface area contributed by atoms with Crippen LogP contribution in [0.4, 0.5) is 0 Å². The molecule has 0 N–H and O–H groups in total. The number of fused-ring (bicyclic) bond motifs is 3. The van der Waals surface area contributed by atoms with Gasteiger partial charge in [-0.1, -0.05) is 6.08 Å². The van der Waals surface area contributed by atoms with Crippen molar-refractivity contribution in [2.24, 2.45) is 15.4 Å². The van der Waals surface area contributed by atoms with Crippen LogP contribution in [-0.2, 0) is 9.53 Å². The van der Waals surface area contributed by atoms with E-state index in [0.29, 0.717) is 13.0 Å². The van der Waals surface area contributed by atoms with E-state index in [1.807, 2.05) is 19.1 Å². The minimum atomic E-state index is -0.745. The highest BCUT2D eigenvalue weighted by molar-refractivity contribution is 6.19. The van der Waals surface area contributed by atoms with E-state index in [-0.39, 0.29) is 5.97 Å². The molecule has 4 nitrogen and oxygen atoms in total. The second-order valence-corrected chi connectivity index (χ2v) is 4.49. The number of nitrogens with zero attached hydrogens (tertiary/aromatic N) is 2. The van der Waals surface area contributed by atoms with Gasteiger partial charge in [-0.05, 0) is 25.8 Å². The first-order valence-corrected chi connectivity index (χ1v) is 6.15. The van der Waals surface area contributed by atoms with Crippen molar-refractivity contribution in [2.45, 2.75) is 19.8 Å². The number of allylic oxidation sites excluding steroid dienone is 3. The molecular weight excluding hydrogens is 228 g/mol. The fourth-order valence-corrected chi connectivity index (χ4v) is 2.70. The molecule has 4 heteroatoms. The zero-order chi connectivity index (χ0) is 12.6. The normalized spacial score (nSPS) is 27.9. The Labute approximate surface area is 105 Å². The van der Waals surface area contributed by atoms with Crippen LogP contribution in [0.5, 0.6) is 0 Å². The predicted octanol–water partition coefficient (Wildman–Crippen LogP) is 2.19. The van der Waals surface area contributed by atoms with E-state index >= 15 is 0 Å². The maximum absolute atomic E-state index is 12.4. The van der Waals surface area contributed by atoms with Crippen LogP contribution >= 0.6 is 0 Å². The van der Waals surface area contributed by atoms with Gasteiger partial charge in [0.1, 0.15) is 5.41 Å². The highest BCUT2D eigenvalue weighted by Crippen LogP contribution is 2.45. The number of ether oxygens (including phenoxy) is 1. The lowest BCUT2D eigenvalue weighted by molar-refractivity contribution is -0.149. The molecule has 92 valence electrons. The zero-order valence-electron chi connectivity index (χ0n) is 10.2. The smallest absolute Gasteiger partial charge is 0.322 e. The van der Waals surface area contributed by atoms with Crippen LogP contribution in [0.2, 0.25) is 0 Å². The molecule has 3 aliphatic rings. The number of hydrogen-bond acceptors (Lipinski definition) is 4. The number of hydrogen-bond donors (Lipinski definition) is 0. The molecule has 0 bridgehead atoms. The largest absolute Gasteiger partial charge is 0.465 e. The summed E-state index contributed by atoms with van der Waals surface area (Å²) in [7, 11) is 0. The lowest BCUT2D eigenvalue weighted by Gasteiger charge is -2.36. The van der Waals surface area contributed by atoms with Crippen molar-refractivity contribution in [3.05, 3.63) is 35.7 Å². The molecule has 0 radical (unpaired) electrons. The van der Waals surface area contributed by atoms with Crippen LogP contribution in [-0.4, -0.2) is 24.5 Å². The first-order valence-electron chi connectivity index (χ1n) is 6.15. The van der Waals surface area contributed by atoms with Crippen molar-refractivity contribution < 1.29 is 9.53 Å². The number of aliphatic imine (C=N–C) groups is 2. The Hall–Kier alpha value is -1.97. The third kappa shape index (κ3) is 1.35. The summed E-state index contributed by atoms with van der Waals surface area (Å²) < 4.78 is 5.27. The molecule has 0 aromatic heterocycles. The zero-order valence-corrected chi connectivity index (χ0v) is 10.2. The Kier molecular flexibility index (Phi) is 2.51. The first-order chi connectivity index (χ1) is 8.79. The maximum atomic E-state index is 12.4. The lowest BCUT2D eigenvalue weighted by Crippen LogP contribution is -2.44. The van der Waals surface area contributed by atoms with Gasteiger partial charge in [0.25, 0.3) is 0 Å². The van der Waals surface area contributed by atoms with Gasteiger partial charge in [-0.15, -0.1) is 0 Å². The van der Waals surface area contributed by atoms with Gasteiger partial charge in [-0.3, -0.25) is 14.8 Å². The Bertz CT molecular complexity index is 552. The molecule has 0 spiro atoms. The van der Waals surface area contributed by atoms with Gasteiger partial charge in [-0.2, -0.15) is 0 Å². The summed E-state index contributed by atoms with van der Waals surface area (Å²) >= 11 is 0. The van der Waals surface area contributed by atoms with E-state index in [4.69, 9.17) is 4.74 Å². The summed E-state index contributed by atoms with van der Waals surface area (Å²) in [5.74, 6) is -0.213. The van der Waals surface area contributed by atoms with Gasteiger partial charge < -0.3 is 4.74 Å². The van der Waals surface area contributed by atoms with Gasteiger partial charge >= 0.3 is 5.97 Å². The third-order valence-electron chi connectivity index (χ3n) is 3.55. The average molecular weight is 242 g/mol. The molecule has 1 unspecified atom stereocenters. The van der Waals surface area contributed by atoms with Crippen LogP contribution in [0.25, 0.3) is 0 Å². The van der Waals surface area contributed by atoms with E-state index in [9.17, 15) is 4.79 Å². The van der Waals surface area contributed by atoms with Crippen LogP contribution in [0, 0.1) is 5.41 Å². The van der Waals surface area contributed by atoms with E-state index in [2.05, 4.69) is 9.98 Å². The summed E-state index contributed by atoms with van der Waals surface area (Å²) in [6.45, 7) is 2.20. The van der Waals surface area contributed by atoms with Gasteiger partial charge in [0, 0.05) is 29.8 Å². The molecule has 18 heavy (non-hydrogen) atoms. The molecule has 0 aromatic carbocycles. The summed E-state index contributed by atoms with van der Waals surface area (Å²) in [6, 6.07) is 0. The maximum Gasteiger partial charge on any atom is 0.322 e. The van der Waals surface area contributed by atoms with Gasteiger partial charge in [-0.25, -0.2) is 0 Å². The first kappa shape index (κ1) is 11.1. The summed E-state index contributed by atoms with van der Waals surface area (Å²) in [5.41, 5.74) is 1.87. The van der Waals surface area contributed by atoms with Gasteiger partial charge in [0.2, 0.25) is 0 Å². The molecule has 0 saturated heterocycles. The topological polar surface area (TPSA) is 51.0 Å². The highest BCUT2D eigenvalue weighted by atomic mass is 16.5. The fourth-order valence-electron chi connectivity index (χ4n) is 2.70. The average Bonchev–Trinajstić information content (AvgIpc) is 2.87.